The van der Waals surface area contributed by atoms with E-state index in [9.17, 15) is 18.0 Å². The molecule has 1 aromatic heterocycles. The van der Waals surface area contributed by atoms with E-state index in [1.165, 1.54) is 18.6 Å². The van der Waals surface area contributed by atoms with E-state index in [2.05, 4.69) is 33.9 Å². The molecule has 1 aliphatic heterocycles. The third-order valence-electron chi connectivity index (χ3n) is 5.42. The molecule has 0 spiro atoms. The van der Waals surface area contributed by atoms with Gasteiger partial charge in [0, 0.05) is 25.2 Å². The van der Waals surface area contributed by atoms with Crippen molar-refractivity contribution in [2.24, 2.45) is 5.92 Å². The maximum atomic E-state index is 12.7. The average Bonchev–Trinajstić information content (AvgIpc) is 2.98. The van der Waals surface area contributed by atoms with Crippen molar-refractivity contribution in [1.29, 1.82) is 0 Å². The van der Waals surface area contributed by atoms with Crippen LogP contribution in [0.2, 0.25) is 0 Å². The zero-order chi connectivity index (χ0) is 22.4. The zero-order valence-electron chi connectivity index (χ0n) is 18.0. The molecule has 8 heteroatoms. The number of amides is 1. The molecule has 0 aliphatic carbocycles. The first-order valence-corrected chi connectivity index (χ1v) is 10.6. The van der Waals surface area contributed by atoms with E-state index >= 15 is 0 Å². The van der Waals surface area contributed by atoms with Gasteiger partial charge in [-0.15, -0.1) is 0 Å². The van der Waals surface area contributed by atoms with E-state index in [1.54, 1.807) is 12.3 Å². The predicted molar refractivity (Wildman–Crippen MR) is 116 cm³/mol. The summed E-state index contributed by atoms with van der Waals surface area (Å²) in [6, 6.07) is 7.78. The van der Waals surface area contributed by atoms with E-state index < -0.39 is 17.6 Å². The molecule has 0 bridgehead atoms. The topological polar surface area (TPSA) is 48.5 Å². The summed E-state index contributed by atoms with van der Waals surface area (Å²) in [5.41, 5.74) is -0.122. The highest BCUT2D eigenvalue weighted by Crippen LogP contribution is 2.29. The number of carbonyl (C=O) groups is 1. The van der Waals surface area contributed by atoms with Crippen LogP contribution in [-0.4, -0.2) is 48.5 Å². The van der Waals surface area contributed by atoms with Crippen LogP contribution in [0.5, 0.6) is 0 Å². The van der Waals surface area contributed by atoms with Crippen LogP contribution in [0.4, 0.5) is 24.7 Å². The van der Waals surface area contributed by atoms with Crippen molar-refractivity contribution in [2.45, 2.75) is 32.9 Å². The highest BCUT2D eigenvalue weighted by molar-refractivity contribution is 6.04. The number of pyridine rings is 1. The number of anilines is 2. The van der Waals surface area contributed by atoms with Gasteiger partial charge in [0.05, 0.1) is 17.4 Å². The van der Waals surface area contributed by atoms with Gasteiger partial charge in [-0.1, -0.05) is 13.8 Å². The molecule has 31 heavy (non-hydrogen) atoms. The molecule has 1 fully saturated rings. The molecule has 1 aromatic carbocycles. The van der Waals surface area contributed by atoms with Crippen LogP contribution in [0.15, 0.2) is 42.6 Å². The number of nitrogens with one attached hydrogen (secondary N) is 1. The Hall–Kier alpha value is -2.61. The third kappa shape index (κ3) is 6.69. The summed E-state index contributed by atoms with van der Waals surface area (Å²) in [7, 11) is 0. The molecule has 1 amide bonds. The Labute approximate surface area is 181 Å². The minimum Gasteiger partial charge on any atom is -0.355 e. The summed E-state index contributed by atoms with van der Waals surface area (Å²) in [4.78, 5) is 21.5. The van der Waals surface area contributed by atoms with Crippen LogP contribution in [0, 0.1) is 5.92 Å². The Morgan fingerprint density at radius 3 is 2.42 bits per heavy atom. The molecule has 1 saturated heterocycles. The number of hydrogen-bond acceptors (Lipinski definition) is 4. The van der Waals surface area contributed by atoms with Crippen molar-refractivity contribution in [3.05, 3.63) is 53.7 Å². The average molecular weight is 435 g/mol. The van der Waals surface area contributed by atoms with Gasteiger partial charge >= 0.3 is 6.18 Å². The largest absolute Gasteiger partial charge is 0.416 e. The van der Waals surface area contributed by atoms with Crippen LogP contribution in [0.3, 0.4) is 0 Å². The first-order chi connectivity index (χ1) is 14.7. The Bertz CT molecular complexity index is 851. The number of carbonyl (C=O) groups excluding carboxylic acids is 1. The second-order valence-electron chi connectivity index (χ2n) is 8.30. The van der Waals surface area contributed by atoms with E-state index in [-0.39, 0.29) is 5.56 Å². The number of rotatable bonds is 6. The van der Waals surface area contributed by atoms with Gasteiger partial charge in [0.2, 0.25) is 0 Å². The first kappa shape index (κ1) is 23.1. The minimum atomic E-state index is -4.42. The Balaban J connectivity index is 1.55. The van der Waals surface area contributed by atoms with Gasteiger partial charge in [-0.05, 0) is 68.2 Å². The van der Waals surface area contributed by atoms with Gasteiger partial charge in [-0.3, -0.25) is 4.79 Å². The lowest BCUT2D eigenvalue weighted by Crippen LogP contribution is -2.32. The summed E-state index contributed by atoms with van der Waals surface area (Å²) in [5.74, 6) is 1.09. The Morgan fingerprint density at radius 1 is 1.06 bits per heavy atom. The maximum absolute atomic E-state index is 12.7. The fraction of sp³-hybridized carbons (Fsp3) is 0.478. The normalized spacial score (nSPS) is 15.7. The smallest absolute Gasteiger partial charge is 0.355 e. The van der Waals surface area contributed by atoms with Crippen molar-refractivity contribution in [2.75, 3.05) is 42.9 Å². The van der Waals surface area contributed by atoms with Crippen molar-refractivity contribution in [3.63, 3.8) is 0 Å². The van der Waals surface area contributed by atoms with Crippen LogP contribution in [-0.2, 0) is 6.18 Å². The standard InChI is InChI=1S/C23H29F3N4O/c1-17(2)10-13-29-11-3-12-30(15-14-29)21-9-8-20(16-27-21)28-22(31)18-4-6-19(7-5-18)23(24,25)26/h4-9,16-17H,3,10-15H2,1-2H3,(H,28,31). The molecule has 2 aromatic rings. The van der Waals surface area contributed by atoms with E-state index in [0.717, 1.165) is 57.1 Å². The Kier molecular flexibility index (Phi) is 7.54. The molecule has 0 radical (unpaired) electrons. The van der Waals surface area contributed by atoms with Crippen molar-refractivity contribution < 1.29 is 18.0 Å². The summed E-state index contributed by atoms with van der Waals surface area (Å²) in [6.45, 7) is 9.53. The molecule has 1 aliphatic rings. The van der Waals surface area contributed by atoms with Crippen LogP contribution < -0.4 is 10.2 Å². The lowest BCUT2D eigenvalue weighted by molar-refractivity contribution is -0.137. The zero-order valence-corrected chi connectivity index (χ0v) is 18.0. The van der Waals surface area contributed by atoms with E-state index in [4.69, 9.17) is 0 Å². The van der Waals surface area contributed by atoms with Crippen molar-refractivity contribution in [1.82, 2.24) is 9.88 Å². The van der Waals surface area contributed by atoms with Crippen LogP contribution in [0.1, 0.15) is 42.6 Å². The highest BCUT2D eigenvalue weighted by Gasteiger charge is 2.30. The molecule has 1 N–H and O–H groups in total. The number of benzene rings is 1. The van der Waals surface area contributed by atoms with Gasteiger partial charge in [-0.2, -0.15) is 13.2 Å². The summed E-state index contributed by atoms with van der Waals surface area (Å²) < 4.78 is 38.0. The second kappa shape index (κ2) is 10.1. The molecule has 2 heterocycles. The maximum Gasteiger partial charge on any atom is 0.416 e. The van der Waals surface area contributed by atoms with Crippen molar-refractivity contribution in [3.8, 4) is 0 Å². The second-order valence-corrected chi connectivity index (χ2v) is 8.30. The van der Waals surface area contributed by atoms with E-state index in [0.29, 0.717) is 11.6 Å². The number of halogens is 3. The third-order valence-corrected chi connectivity index (χ3v) is 5.42. The molecule has 0 unspecified atom stereocenters. The molecular weight excluding hydrogens is 405 g/mol. The van der Waals surface area contributed by atoms with Crippen LogP contribution >= 0.6 is 0 Å². The Morgan fingerprint density at radius 2 is 1.81 bits per heavy atom. The molecule has 0 atom stereocenters. The van der Waals surface area contributed by atoms with Crippen LogP contribution in [0.25, 0.3) is 0 Å². The molecule has 168 valence electrons. The van der Waals surface area contributed by atoms with Gasteiger partial charge in [0.1, 0.15) is 5.82 Å². The molecule has 0 saturated carbocycles. The highest BCUT2D eigenvalue weighted by atomic mass is 19.4. The number of alkyl halides is 3. The monoisotopic (exact) mass is 434 g/mol. The fourth-order valence-corrected chi connectivity index (χ4v) is 3.53. The summed E-state index contributed by atoms with van der Waals surface area (Å²) in [6.07, 6.45) is -0.565. The fourth-order valence-electron chi connectivity index (χ4n) is 3.53. The number of aromatic nitrogens is 1. The molecule has 5 nitrogen and oxygen atoms in total. The lowest BCUT2D eigenvalue weighted by atomic mass is 10.1. The quantitative estimate of drug-likeness (QED) is 0.702. The first-order valence-electron chi connectivity index (χ1n) is 10.6. The van der Waals surface area contributed by atoms with Crippen molar-refractivity contribution >= 4 is 17.4 Å². The summed E-state index contributed by atoms with van der Waals surface area (Å²) >= 11 is 0. The minimum absolute atomic E-state index is 0.158. The molecular formula is C23H29F3N4O. The number of nitrogens with zero attached hydrogens (tertiary/aromatic N) is 3. The van der Waals surface area contributed by atoms with Gasteiger partial charge < -0.3 is 15.1 Å². The lowest BCUT2D eigenvalue weighted by Gasteiger charge is -2.23. The van der Waals surface area contributed by atoms with Gasteiger partial charge in [-0.25, -0.2) is 4.98 Å². The van der Waals surface area contributed by atoms with Gasteiger partial charge in [0.15, 0.2) is 0 Å². The number of hydrogen-bond donors (Lipinski definition) is 1. The summed E-state index contributed by atoms with van der Waals surface area (Å²) in [5, 5.41) is 2.68. The predicted octanol–water partition coefficient (Wildman–Crippen LogP) is 4.91. The SMILES string of the molecule is CC(C)CCN1CCCN(c2ccc(NC(=O)c3ccc(C(F)(F)F)cc3)cn2)CC1. The van der Waals surface area contributed by atoms with Gasteiger partial charge in [0.25, 0.3) is 5.91 Å². The van der Waals surface area contributed by atoms with E-state index in [1.807, 2.05) is 6.07 Å². The molecule has 3 rings (SSSR count).